The second-order valence-electron chi connectivity index (χ2n) is 8.30. The highest BCUT2D eigenvalue weighted by atomic mass is 127. The van der Waals surface area contributed by atoms with Gasteiger partial charge in [0.15, 0.2) is 5.96 Å². The molecule has 0 aromatic rings. The van der Waals surface area contributed by atoms with E-state index in [1.54, 1.807) is 0 Å². The minimum Gasteiger partial charge on any atom is -0.356 e. The van der Waals surface area contributed by atoms with Crippen molar-refractivity contribution in [3.05, 3.63) is 0 Å². The molecule has 0 bridgehead atoms. The van der Waals surface area contributed by atoms with Crippen LogP contribution in [0.5, 0.6) is 0 Å². The van der Waals surface area contributed by atoms with Crippen molar-refractivity contribution >= 4 is 29.9 Å². The van der Waals surface area contributed by atoms with Crippen LogP contribution in [-0.2, 0) is 0 Å². The smallest absolute Gasteiger partial charge is 0.194 e. The molecule has 122 valence electrons. The van der Waals surface area contributed by atoms with Gasteiger partial charge in [-0.15, -0.1) is 24.0 Å². The summed E-state index contributed by atoms with van der Waals surface area (Å²) in [5.74, 6) is 4.03. The van der Waals surface area contributed by atoms with Crippen LogP contribution >= 0.6 is 24.0 Å². The Morgan fingerprint density at radius 2 is 1.67 bits per heavy atom. The Morgan fingerprint density at radius 3 is 2.00 bits per heavy atom. The van der Waals surface area contributed by atoms with Crippen molar-refractivity contribution in [2.24, 2.45) is 28.2 Å². The summed E-state index contributed by atoms with van der Waals surface area (Å²) in [5, 5.41) is 3.68. The number of rotatable bonds is 4. The van der Waals surface area contributed by atoms with Gasteiger partial charge in [0.25, 0.3) is 0 Å². The summed E-state index contributed by atoms with van der Waals surface area (Å²) >= 11 is 0. The van der Waals surface area contributed by atoms with Crippen LogP contribution in [-0.4, -0.2) is 36.5 Å². The van der Waals surface area contributed by atoms with Gasteiger partial charge in [0.2, 0.25) is 0 Å². The Balaban J connectivity index is 0.00000161. The molecular formula is C17H32IN3. The minimum absolute atomic E-state index is 0. The van der Waals surface area contributed by atoms with Crippen molar-refractivity contribution in [3.63, 3.8) is 0 Å². The molecule has 21 heavy (non-hydrogen) atoms. The van der Waals surface area contributed by atoms with Crippen molar-refractivity contribution in [3.8, 4) is 0 Å². The van der Waals surface area contributed by atoms with Crippen molar-refractivity contribution in [2.75, 3.05) is 20.1 Å². The molecule has 1 saturated heterocycles. The summed E-state index contributed by atoms with van der Waals surface area (Å²) in [6.45, 7) is 11.6. The summed E-state index contributed by atoms with van der Waals surface area (Å²) in [4.78, 5) is 6.98. The van der Waals surface area contributed by atoms with Crippen LogP contribution in [0.25, 0.3) is 0 Å². The molecule has 1 N–H and O–H groups in total. The molecule has 1 heterocycles. The highest BCUT2D eigenvalue weighted by Crippen LogP contribution is 2.49. The van der Waals surface area contributed by atoms with E-state index in [4.69, 9.17) is 0 Å². The molecule has 0 spiro atoms. The average molecular weight is 405 g/mol. The Morgan fingerprint density at radius 1 is 1.14 bits per heavy atom. The van der Waals surface area contributed by atoms with E-state index in [-0.39, 0.29) is 29.5 Å². The summed E-state index contributed by atoms with van der Waals surface area (Å²) < 4.78 is 0. The van der Waals surface area contributed by atoms with Gasteiger partial charge in [-0.2, -0.15) is 0 Å². The summed E-state index contributed by atoms with van der Waals surface area (Å²) in [5.41, 5.74) is 0.570. The van der Waals surface area contributed by atoms with E-state index in [0.717, 1.165) is 36.8 Å². The fourth-order valence-corrected chi connectivity index (χ4v) is 3.67. The lowest BCUT2D eigenvalue weighted by molar-refractivity contribution is -0.0668. The zero-order chi connectivity index (χ0) is 14.5. The first-order chi connectivity index (χ1) is 9.37. The maximum atomic E-state index is 4.53. The van der Waals surface area contributed by atoms with Gasteiger partial charge in [-0.1, -0.05) is 13.8 Å². The zero-order valence-corrected chi connectivity index (χ0v) is 16.6. The van der Waals surface area contributed by atoms with Gasteiger partial charge in [0, 0.05) is 31.1 Å². The first kappa shape index (κ1) is 17.4. The predicted octanol–water partition coefficient (Wildman–Crippen LogP) is 3.74. The van der Waals surface area contributed by atoms with Crippen molar-refractivity contribution in [2.45, 2.75) is 58.9 Å². The lowest BCUT2D eigenvalue weighted by atomic mass is 9.65. The van der Waals surface area contributed by atoms with E-state index < -0.39 is 0 Å². The zero-order valence-electron chi connectivity index (χ0n) is 14.3. The third kappa shape index (κ3) is 3.20. The molecule has 3 rings (SSSR count). The Kier molecular flexibility index (Phi) is 4.87. The van der Waals surface area contributed by atoms with Gasteiger partial charge in [0.05, 0.1) is 0 Å². The molecule has 3 fully saturated rings. The van der Waals surface area contributed by atoms with Gasteiger partial charge >= 0.3 is 0 Å². The van der Waals surface area contributed by atoms with Gasteiger partial charge in [-0.25, -0.2) is 0 Å². The van der Waals surface area contributed by atoms with E-state index >= 15 is 0 Å². The van der Waals surface area contributed by atoms with E-state index in [2.05, 4.69) is 42.9 Å². The molecule has 0 aromatic carbocycles. The van der Waals surface area contributed by atoms with Crippen LogP contribution in [0.1, 0.15) is 53.4 Å². The molecule has 4 heteroatoms. The van der Waals surface area contributed by atoms with Crippen LogP contribution in [0, 0.1) is 23.2 Å². The van der Waals surface area contributed by atoms with Gasteiger partial charge < -0.3 is 10.2 Å². The molecule has 0 aromatic heterocycles. The first-order valence-corrected chi connectivity index (χ1v) is 8.35. The van der Waals surface area contributed by atoms with E-state index in [1.165, 1.54) is 25.7 Å². The summed E-state index contributed by atoms with van der Waals surface area (Å²) in [7, 11) is 1.92. The lowest BCUT2D eigenvalue weighted by Gasteiger charge is -2.62. The SMILES string of the molecule is CN=C(NCC(C1CC1)C1CC1)N1CC(C)(C)C1(C)C.I. The average Bonchev–Trinajstić information content (AvgIpc) is 3.26. The van der Waals surface area contributed by atoms with E-state index in [1.807, 2.05) is 7.05 Å². The van der Waals surface area contributed by atoms with Crippen molar-refractivity contribution < 1.29 is 0 Å². The Labute approximate surface area is 147 Å². The van der Waals surface area contributed by atoms with E-state index in [0.29, 0.717) is 5.41 Å². The third-order valence-electron chi connectivity index (χ3n) is 6.30. The fraction of sp³-hybridized carbons (Fsp3) is 0.941. The highest BCUT2D eigenvalue weighted by molar-refractivity contribution is 14.0. The minimum atomic E-state index is 0. The molecule has 2 aliphatic carbocycles. The van der Waals surface area contributed by atoms with Gasteiger partial charge in [-0.05, 0) is 57.3 Å². The maximum absolute atomic E-state index is 4.53. The molecule has 1 aliphatic heterocycles. The van der Waals surface area contributed by atoms with Crippen molar-refractivity contribution in [1.29, 1.82) is 0 Å². The Bertz CT molecular complexity index is 396. The van der Waals surface area contributed by atoms with Gasteiger partial charge in [0.1, 0.15) is 0 Å². The number of nitrogens with zero attached hydrogens (tertiary/aromatic N) is 2. The number of halogens is 1. The molecule has 0 unspecified atom stereocenters. The highest BCUT2D eigenvalue weighted by Gasteiger charge is 2.54. The fourth-order valence-electron chi connectivity index (χ4n) is 3.67. The molecule has 0 atom stereocenters. The number of likely N-dealkylation sites (tertiary alicyclic amines) is 1. The lowest BCUT2D eigenvalue weighted by Crippen LogP contribution is -2.72. The monoisotopic (exact) mass is 405 g/mol. The number of nitrogens with one attached hydrogen (secondary N) is 1. The molecule has 3 aliphatic rings. The van der Waals surface area contributed by atoms with Gasteiger partial charge in [-0.3, -0.25) is 4.99 Å². The topological polar surface area (TPSA) is 27.6 Å². The maximum Gasteiger partial charge on any atom is 0.194 e. The summed E-state index contributed by atoms with van der Waals surface area (Å²) in [6, 6.07) is 0. The second kappa shape index (κ2) is 5.89. The molecular weight excluding hydrogens is 373 g/mol. The van der Waals surface area contributed by atoms with Crippen LogP contribution in [0.3, 0.4) is 0 Å². The summed E-state index contributed by atoms with van der Waals surface area (Å²) in [6.07, 6.45) is 5.85. The van der Waals surface area contributed by atoms with Crippen molar-refractivity contribution in [1.82, 2.24) is 10.2 Å². The molecule has 0 radical (unpaired) electrons. The van der Waals surface area contributed by atoms with Crippen LogP contribution in [0.4, 0.5) is 0 Å². The third-order valence-corrected chi connectivity index (χ3v) is 6.30. The number of hydrogen-bond acceptors (Lipinski definition) is 1. The normalized spacial score (nSPS) is 27.1. The largest absolute Gasteiger partial charge is 0.356 e. The first-order valence-electron chi connectivity index (χ1n) is 8.35. The number of aliphatic imine (C=N–C) groups is 1. The van der Waals surface area contributed by atoms with E-state index in [9.17, 15) is 0 Å². The number of hydrogen-bond donors (Lipinski definition) is 1. The predicted molar refractivity (Wildman–Crippen MR) is 100 cm³/mol. The van der Waals surface area contributed by atoms with Crippen LogP contribution in [0.15, 0.2) is 4.99 Å². The number of guanidine groups is 1. The molecule has 0 amide bonds. The second-order valence-corrected chi connectivity index (χ2v) is 8.30. The van der Waals surface area contributed by atoms with Crippen LogP contribution in [0.2, 0.25) is 0 Å². The Hall–Kier alpha value is 0. The standard InChI is InChI=1S/C17H31N3.HI/c1-16(2)11-20(17(16,3)4)15(18-5)19-10-14(12-6-7-12)13-8-9-13;/h12-14H,6-11H2,1-5H3,(H,18,19);1H. The van der Waals surface area contributed by atoms with Crippen LogP contribution < -0.4 is 5.32 Å². The quantitative estimate of drug-likeness (QED) is 0.439. The molecule has 3 nitrogen and oxygen atoms in total. The molecule has 2 saturated carbocycles.